The average molecular weight is 278 g/mol. The Morgan fingerprint density at radius 3 is 2.75 bits per heavy atom. The normalized spacial score (nSPS) is 10.3. The van der Waals surface area contributed by atoms with Gasteiger partial charge in [0, 0.05) is 12.1 Å². The fourth-order valence-corrected chi connectivity index (χ4v) is 1.51. The van der Waals surface area contributed by atoms with Gasteiger partial charge in [0.1, 0.15) is 11.6 Å². The number of nitrogens with zero attached hydrogens (tertiary/aromatic N) is 2. The molecule has 0 aliphatic rings. The van der Waals surface area contributed by atoms with Gasteiger partial charge in [-0.1, -0.05) is 6.92 Å². The van der Waals surface area contributed by atoms with Crippen molar-refractivity contribution in [1.29, 1.82) is 0 Å². The van der Waals surface area contributed by atoms with E-state index in [0.717, 1.165) is 12.1 Å². The first-order valence-corrected chi connectivity index (χ1v) is 5.76. The summed E-state index contributed by atoms with van der Waals surface area (Å²) in [7, 11) is 0. The number of aromatic amines is 1. The predicted molar refractivity (Wildman–Crippen MR) is 67.1 cm³/mol. The molecule has 0 bridgehead atoms. The number of halogens is 1. The number of benzene rings is 1. The largest absolute Gasteiger partial charge is 0.478 e. The highest BCUT2D eigenvalue weighted by Gasteiger charge is 2.15. The van der Waals surface area contributed by atoms with Gasteiger partial charge in [-0.3, -0.25) is 9.89 Å². The number of carbonyl (C=O) groups is 2. The molecule has 0 unspecified atom stereocenters. The number of aryl methyl sites for hydroxylation is 1. The van der Waals surface area contributed by atoms with Crippen molar-refractivity contribution in [3.63, 3.8) is 0 Å². The molecule has 2 rings (SSSR count). The lowest BCUT2D eigenvalue weighted by Crippen LogP contribution is -2.14. The highest BCUT2D eigenvalue weighted by Crippen LogP contribution is 2.15. The highest BCUT2D eigenvalue weighted by atomic mass is 19.1. The number of anilines is 1. The van der Waals surface area contributed by atoms with E-state index in [4.69, 9.17) is 5.11 Å². The summed E-state index contributed by atoms with van der Waals surface area (Å²) in [4.78, 5) is 26.4. The minimum absolute atomic E-state index is 0.0652. The van der Waals surface area contributed by atoms with Gasteiger partial charge in [0.2, 0.25) is 5.82 Å². The predicted octanol–water partition coefficient (Wildman–Crippen LogP) is 1.46. The monoisotopic (exact) mass is 278 g/mol. The molecule has 7 nitrogen and oxygen atoms in total. The number of aromatic nitrogens is 3. The summed E-state index contributed by atoms with van der Waals surface area (Å²) < 4.78 is 13.4. The van der Waals surface area contributed by atoms with Crippen LogP contribution in [0.2, 0.25) is 0 Å². The van der Waals surface area contributed by atoms with Crippen molar-refractivity contribution in [3.8, 4) is 0 Å². The van der Waals surface area contributed by atoms with Gasteiger partial charge >= 0.3 is 5.97 Å². The number of amides is 1. The van der Waals surface area contributed by atoms with Crippen LogP contribution in [-0.4, -0.2) is 32.2 Å². The Bertz CT molecular complexity index is 668. The highest BCUT2D eigenvalue weighted by molar-refractivity contribution is 6.01. The standard InChI is InChI=1S/C12H11FN4O3/c1-2-9-15-10(17-16-9)11(18)14-6-3-4-7(12(19)20)8(13)5-6/h3-5H,2H2,1H3,(H,14,18)(H,19,20)(H,15,16,17). The molecule has 0 fully saturated rings. The quantitative estimate of drug-likeness (QED) is 0.784. The Balaban J connectivity index is 2.15. The smallest absolute Gasteiger partial charge is 0.338 e. The average Bonchev–Trinajstić information content (AvgIpc) is 2.87. The number of carbonyl (C=O) groups excluding carboxylic acids is 1. The Hall–Kier alpha value is -2.77. The van der Waals surface area contributed by atoms with Gasteiger partial charge in [0.15, 0.2) is 0 Å². The van der Waals surface area contributed by atoms with Crippen LogP contribution in [-0.2, 0) is 6.42 Å². The van der Waals surface area contributed by atoms with Gasteiger partial charge in [-0.25, -0.2) is 14.2 Å². The lowest BCUT2D eigenvalue weighted by atomic mass is 10.2. The molecule has 0 spiro atoms. The molecular formula is C12H11FN4O3. The molecule has 20 heavy (non-hydrogen) atoms. The number of carboxylic acids is 1. The molecule has 0 atom stereocenters. The Labute approximate surface area is 112 Å². The summed E-state index contributed by atoms with van der Waals surface area (Å²) in [5.41, 5.74) is -0.338. The van der Waals surface area contributed by atoms with Crippen LogP contribution in [0, 0.1) is 5.82 Å². The minimum atomic E-state index is -1.37. The maximum atomic E-state index is 13.4. The van der Waals surface area contributed by atoms with Crippen LogP contribution in [0.15, 0.2) is 18.2 Å². The maximum absolute atomic E-state index is 13.4. The molecule has 0 aliphatic carbocycles. The molecule has 1 aromatic heterocycles. The first kappa shape index (κ1) is 13.7. The number of nitrogens with one attached hydrogen (secondary N) is 2. The van der Waals surface area contributed by atoms with Crippen molar-refractivity contribution >= 4 is 17.6 Å². The third-order valence-electron chi connectivity index (χ3n) is 2.53. The van der Waals surface area contributed by atoms with E-state index in [0.29, 0.717) is 12.2 Å². The summed E-state index contributed by atoms with van der Waals surface area (Å²) in [6.07, 6.45) is 0.599. The first-order valence-electron chi connectivity index (χ1n) is 5.76. The summed E-state index contributed by atoms with van der Waals surface area (Å²) in [6, 6.07) is 3.29. The SMILES string of the molecule is CCc1nc(C(=O)Nc2ccc(C(=O)O)c(F)c2)n[nH]1. The van der Waals surface area contributed by atoms with Gasteiger partial charge in [0.25, 0.3) is 5.91 Å². The van der Waals surface area contributed by atoms with Gasteiger partial charge in [-0.05, 0) is 18.2 Å². The van der Waals surface area contributed by atoms with E-state index in [9.17, 15) is 14.0 Å². The molecule has 2 aromatic rings. The van der Waals surface area contributed by atoms with Crippen LogP contribution in [0.1, 0.15) is 33.7 Å². The van der Waals surface area contributed by atoms with Crippen LogP contribution >= 0.6 is 0 Å². The van der Waals surface area contributed by atoms with Crippen molar-refractivity contribution in [1.82, 2.24) is 15.2 Å². The van der Waals surface area contributed by atoms with E-state index in [1.165, 1.54) is 6.07 Å². The van der Waals surface area contributed by atoms with Crippen LogP contribution in [0.3, 0.4) is 0 Å². The third-order valence-corrected chi connectivity index (χ3v) is 2.53. The molecule has 0 aliphatic heterocycles. The molecule has 1 heterocycles. The van der Waals surface area contributed by atoms with Gasteiger partial charge in [-0.15, -0.1) is 5.10 Å². The van der Waals surface area contributed by atoms with E-state index in [2.05, 4.69) is 20.5 Å². The molecule has 0 radical (unpaired) electrons. The molecule has 104 valence electrons. The van der Waals surface area contributed by atoms with Crippen LogP contribution in [0.4, 0.5) is 10.1 Å². The number of hydrogen-bond acceptors (Lipinski definition) is 4. The van der Waals surface area contributed by atoms with Gasteiger partial charge < -0.3 is 10.4 Å². The van der Waals surface area contributed by atoms with E-state index in [1.807, 2.05) is 6.92 Å². The number of carboxylic acid groups (broad SMARTS) is 1. The first-order chi connectivity index (χ1) is 9.51. The van der Waals surface area contributed by atoms with Crippen LogP contribution < -0.4 is 5.32 Å². The minimum Gasteiger partial charge on any atom is -0.478 e. The number of H-pyrrole nitrogens is 1. The van der Waals surface area contributed by atoms with Crippen molar-refractivity contribution in [2.24, 2.45) is 0 Å². The zero-order valence-electron chi connectivity index (χ0n) is 10.5. The number of hydrogen-bond donors (Lipinski definition) is 3. The van der Waals surface area contributed by atoms with Crippen molar-refractivity contribution in [2.75, 3.05) is 5.32 Å². The van der Waals surface area contributed by atoms with Crippen LogP contribution in [0.5, 0.6) is 0 Å². The van der Waals surface area contributed by atoms with E-state index in [-0.39, 0.29) is 11.5 Å². The summed E-state index contributed by atoms with van der Waals surface area (Å²) >= 11 is 0. The van der Waals surface area contributed by atoms with E-state index in [1.54, 1.807) is 0 Å². The Kier molecular flexibility index (Phi) is 3.74. The second kappa shape index (κ2) is 5.47. The summed E-state index contributed by atoms with van der Waals surface area (Å²) in [5, 5.41) is 17.4. The van der Waals surface area contributed by atoms with Crippen molar-refractivity contribution in [3.05, 3.63) is 41.2 Å². The van der Waals surface area contributed by atoms with Gasteiger partial charge in [-0.2, -0.15) is 0 Å². The van der Waals surface area contributed by atoms with E-state index < -0.39 is 23.3 Å². The molecule has 3 N–H and O–H groups in total. The second-order valence-electron chi connectivity index (χ2n) is 3.91. The zero-order valence-corrected chi connectivity index (χ0v) is 10.5. The molecule has 8 heteroatoms. The molecule has 1 amide bonds. The summed E-state index contributed by atoms with van der Waals surface area (Å²) in [5.74, 6) is -2.42. The Morgan fingerprint density at radius 1 is 1.45 bits per heavy atom. The number of aromatic carboxylic acids is 1. The third kappa shape index (κ3) is 2.79. The Morgan fingerprint density at radius 2 is 2.20 bits per heavy atom. The molecule has 0 saturated carbocycles. The maximum Gasteiger partial charge on any atom is 0.338 e. The fourth-order valence-electron chi connectivity index (χ4n) is 1.51. The second-order valence-corrected chi connectivity index (χ2v) is 3.91. The van der Waals surface area contributed by atoms with Gasteiger partial charge in [0.05, 0.1) is 5.56 Å². The summed E-state index contributed by atoms with van der Waals surface area (Å²) in [6.45, 7) is 1.85. The van der Waals surface area contributed by atoms with Crippen LogP contribution in [0.25, 0.3) is 0 Å². The molecule has 0 saturated heterocycles. The van der Waals surface area contributed by atoms with E-state index >= 15 is 0 Å². The molecular weight excluding hydrogens is 267 g/mol. The number of rotatable bonds is 4. The fraction of sp³-hybridized carbons (Fsp3) is 0.167. The van der Waals surface area contributed by atoms with Crippen molar-refractivity contribution in [2.45, 2.75) is 13.3 Å². The topological polar surface area (TPSA) is 108 Å². The molecule has 1 aromatic carbocycles. The van der Waals surface area contributed by atoms with Crippen molar-refractivity contribution < 1.29 is 19.1 Å². The lowest BCUT2D eigenvalue weighted by Gasteiger charge is -2.04. The lowest BCUT2D eigenvalue weighted by molar-refractivity contribution is 0.0692. The zero-order chi connectivity index (χ0) is 14.7.